The molecule has 2 aromatic carbocycles. The van der Waals surface area contributed by atoms with Gasteiger partial charge in [-0.05, 0) is 61.4 Å². The second-order valence-corrected chi connectivity index (χ2v) is 6.15. The second-order valence-electron chi connectivity index (χ2n) is 6.15. The van der Waals surface area contributed by atoms with Crippen molar-refractivity contribution in [3.63, 3.8) is 0 Å². The number of aryl methyl sites for hydroxylation is 1. The number of carbonyl (C=O) groups is 1. The molecule has 29 heavy (non-hydrogen) atoms. The molecule has 0 bridgehead atoms. The van der Waals surface area contributed by atoms with Gasteiger partial charge < -0.3 is 13.9 Å². The maximum absolute atomic E-state index is 13.3. The molecule has 1 amide bonds. The van der Waals surface area contributed by atoms with E-state index < -0.39 is 0 Å². The summed E-state index contributed by atoms with van der Waals surface area (Å²) in [5, 5.41) is 3.97. The number of furan rings is 1. The molecule has 150 valence electrons. The molecule has 1 heterocycles. The highest BCUT2D eigenvalue weighted by atomic mass is 19.1. The van der Waals surface area contributed by atoms with E-state index >= 15 is 0 Å². The predicted octanol–water partition coefficient (Wildman–Crippen LogP) is 4.47. The van der Waals surface area contributed by atoms with Gasteiger partial charge in [-0.25, -0.2) is 9.82 Å². The molecular formula is C22H21FN2O4. The van der Waals surface area contributed by atoms with Gasteiger partial charge in [-0.1, -0.05) is 12.1 Å². The average Bonchev–Trinajstić information content (AvgIpc) is 3.13. The molecule has 0 saturated carbocycles. The van der Waals surface area contributed by atoms with Crippen LogP contribution in [0.2, 0.25) is 0 Å². The third-order valence-corrected chi connectivity index (χ3v) is 4.03. The van der Waals surface area contributed by atoms with Crippen LogP contribution in [0.3, 0.4) is 0 Å². The Labute approximate surface area is 167 Å². The molecule has 0 atom stereocenters. The van der Waals surface area contributed by atoms with Crippen molar-refractivity contribution in [1.29, 1.82) is 0 Å². The maximum atomic E-state index is 13.3. The largest absolute Gasteiger partial charge is 0.490 e. The summed E-state index contributed by atoms with van der Waals surface area (Å²) in [5.41, 5.74) is 4.32. The lowest BCUT2D eigenvalue weighted by Gasteiger charge is -2.12. The van der Waals surface area contributed by atoms with Crippen molar-refractivity contribution in [3.05, 3.63) is 83.1 Å². The predicted molar refractivity (Wildman–Crippen MR) is 107 cm³/mol. The number of hydrogen-bond donors (Lipinski definition) is 1. The molecule has 1 N–H and O–H groups in total. The van der Waals surface area contributed by atoms with Gasteiger partial charge in [-0.2, -0.15) is 5.10 Å². The summed E-state index contributed by atoms with van der Waals surface area (Å²) < 4.78 is 29.8. The number of hydrazone groups is 1. The Hall–Kier alpha value is -3.61. The van der Waals surface area contributed by atoms with E-state index in [9.17, 15) is 9.18 Å². The number of nitrogens with zero attached hydrogens (tertiary/aromatic N) is 1. The van der Waals surface area contributed by atoms with Gasteiger partial charge in [0.1, 0.15) is 18.2 Å². The van der Waals surface area contributed by atoms with Crippen molar-refractivity contribution in [2.75, 3.05) is 6.61 Å². The monoisotopic (exact) mass is 396 g/mol. The first-order valence-corrected chi connectivity index (χ1v) is 9.08. The van der Waals surface area contributed by atoms with Crippen LogP contribution < -0.4 is 14.9 Å². The van der Waals surface area contributed by atoms with Gasteiger partial charge in [0.25, 0.3) is 5.91 Å². The highest BCUT2D eigenvalue weighted by Crippen LogP contribution is 2.29. The Morgan fingerprint density at radius 1 is 1.17 bits per heavy atom. The Morgan fingerprint density at radius 3 is 2.76 bits per heavy atom. The minimum absolute atomic E-state index is 0.214. The van der Waals surface area contributed by atoms with Crippen molar-refractivity contribution in [1.82, 2.24) is 5.43 Å². The van der Waals surface area contributed by atoms with Gasteiger partial charge in [-0.3, -0.25) is 4.79 Å². The fourth-order valence-corrected chi connectivity index (χ4v) is 2.63. The van der Waals surface area contributed by atoms with Crippen LogP contribution >= 0.6 is 0 Å². The number of amides is 1. The highest BCUT2D eigenvalue weighted by molar-refractivity contribution is 5.95. The first kappa shape index (κ1) is 20.1. The standard InChI is InChI=1S/C22H21FN2O4/c1-3-27-21-12-16(13-24-25-22(26)19-9-10-28-15(19)2)7-8-20(21)29-14-17-5-4-6-18(23)11-17/h4-13H,3,14H2,1-2H3,(H,25,26)/b24-13+. The molecule has 0 aliphatic rings. The number of ether oxygens (including phenoxy) is 2. The summed E-state index contributed by atoms with van der Waals surface area (Å²) in [6, 6.07) is 13.1. The third kappa shape index (κ3) is 5.44. The summed E-state index contributed by atoms with van der Waals surface area (Å²) in [6.07, 6.45) is 2.96. The zero-order chi connectivity index (χ0) is 20.6. The Balaban J connectivity index is 1.66. The lowest BCUT2D eigenvalue weighted by atomic mass is 10.2. The molecule has 0 fully saturated rings. The summed E-state index contributed by atoms with van der Waals surface area (Å²) in [4.78, 5) is 12.0. The third-order valence-electron chi connectivity index (χ3n) is 4.03. The van der Waals surface area contributed by atoms with E-state index in [-0.39, 0.29) is 18.3 Å². The van der Waals surface area contributed by atoms with Crippen molar-refractivity contribution < 1.29 is 23.1 Å². The van der Waals surface area contributed by atoms with Crippen molar-refractivity contribution >= 4 is 12.1 Å². The van der Waals surface area contributed by atoms with Gasteiger partial charge in [0.2, 0.25) is 0 Å². The number of rotatable bonds is 8. The van der Waals surface area contributed by atoms with E-state index in [1.165, 1.54) is 24.6 Å². The fraction of sp³-hybridized carbons (Fsp3) is 0.182. The van der Waals surface area contributed by atoms with E-state index in [0.717, 1.165) is 11.1 Å². The number of hydrogen-bond acceptors (Lipinski definition) is 5. The molecule has 3 aromatic rings. The van der Waals surface area contributed by atoms with Gasteiger partial charge >= 0.3 is 0 Å². The Bertz CT molecular complexity index is 1010. The highest BCUT2D eigenvalue weighted by Gasteiger charge is 2.10. The van der Waals surface area contributed by atoms with Gasteiger partial charge in [0.15, 0.2) is 11.5 Å². The first-order valence-electron chi connectivity index (χ1n) is 9.08. The van der Waals surface area contributed by atoms with Crippen LogP contribution in [0, 0.1) is 12.7 Å². The number of carbonyl (C=O) groups excluding carboxylic acids is 1. The van der Waals surface area contributed by atoms with Crippen LogP contribution in [0.4, 0.5) is 4.39 Å². The van der Waals surface area contributed by atoms with Crippen LogP contribution in [0.15, 0.2) is 64.3 Å². The lowest BCUT2D eigenvalue weighted by Crippen LogP contribution is -2.17. The maximum Gasteiger partial charge on any atom is 0.274 e. The van der Waals surface area contributed by atoms with Gasteiger partial charge in [0, 0.05) is 0 Å². The van der Waals surface area contributed by atoms with Gasteiger partial charge in [0.05, 0.1) is 24.6 Å². The quantitative estimate of drug-likeness (QED) is 0.450. The Morgan fingerprint density at radius 2 is 2.03 bits per heavy atom. The minimum atomic E-state index is -0.354. The molecule has 6 nitrogen and oxygen atoms in total. The summed E-state index contributed by atoms with van der Waals surface area (Å²) >= 11 is 0. The molecular weight excluding hydrogens is 375 g/mol. The molecule has 1 aromatic heterocycles. The van der Waals surface area contributed by atoms with Crippen molar-refractivity contribution in [2.45, 2.75) is 20.5 Å². The minimum Gasteiger partial charge on any atom is -0.490 e. The van der Waals surface area contributed by atoms with Crippen LogP contribution in [-0.2, 0) is 6.61 Å². The van der Waals surface area contributed by atoms with Crippen molar-refractivity contribution in [2.24, 2.45) is 5.10 Å². The van der Waals surface area contributed by atoms with Crippen LogP contribution in [0.25, 0.3) is 0 Å². The molecule has 0 aliphatic heterocycles. The van der Waals surface area contributed by atoms with Crippen LogP contribution in [0.5, 0.6) is 11.5 Å². The number of benzene rings is 2. The summed E-state index contributed by atoms with van der Waals surface area (Å²) in [7, 11) is 0. The SMILES string of the molecule is CCOc1cc(/C=N/NC(=O)c2ccoc2C)ccc1OCc1cccc(F)c1. The summed E-state index contributed by atoms with van der Waals surface area (Å²) in [6.45, 7) is 4.24. The van der Waals surface area contributed by atoms with E-state index in [1.54, 1.807) is 43.3 Å². The van der Waals surface area contributed by atoms with E-state index in [1.807, 2.05) is 6.92 Å². The number of nitrogens with one attached hydrogen (secondary N) is 1. The molecule has 3 rings (SSSR count). The lowest BCUT2D eigenvalue weighted by molar-refractivity contribution is 0.0953. The fourth-order valence-electron chi connectivity index (χ4n) is 2.63. The molecule has 0 spiro atoms. The number of halogens is 1. The van der Waals surface area contributed by atoms with E-state index in [0.29, 0.717) is 29.4 Å². The molecule has 0 radical (unpaired) electrons. The van der Waals surface area contributed by atoms with Crippen LogP contribution in [0.1, 0.15) is 34.2 Å². The zero-order valence-corrected chi connectivity index (χ0v) is 16.1. The second kappa shape index (κ2) is 9.54. The zero-order valence-electron chi connectivity index (χ0n) is 16.1. The molecule has 7 heteroatoms. The normalized spacial score (nSPS) is 10.9. The topological polar surface area (TPSA) is 73.1 Å². The first-order chi connectivity index (χ1) is 14.1. The van der Waals surface area contributed by atoms with Crippen molar-refractivity contribution in [3.8, 4) is 11.5 Å². The van der Waals surface area contributed by atoms with Crippen LogP contribution in [-0.4, -0.2) is 18.7 Å². The van der Waals surface area contributed by atoms with E-state index in [4.69, 9.17) is 13.9 Å². The molecule has 0 aliphatic carbocycles. The smallest absolute Gasteiger partial charge is 0.274 e. The van der Waals surface area contributed by atoms with E-state index in [2.05, 4.69) is 10.5 Å². The average molecular weight is 396 g/mol. The molecule has 0 unspecified atom stereocenters. The molecule has 0 saturated heterocycles. The van der Waals surface area contributed by atoms with Gasteiger partial charge in [-0.15, -0.1) is 0 Å². The summed E-state index contributed by atoms with van der Waals surface area (Å²) in [5.74, 6) is 0.926. The Kier molecular flexibility index (Phi) is 6.63.